The molecular formula is C14H15N5O2. The number of hydrogen-bond acceptors (Lipinski definition) is 5. The van der Waals surface area contributed by atoms with Gasteiger partial charge in [-0.1, -0.05) is 5.16 Å². The van der Waals surface area contributed by atoms with Crippen LogP contribution in [0.15, 0.2) is 35.5 Å². The Morgan fingerprint density at radius 1 is 1.52 bits per heavy atom. The highest BCUT2D eigenvalue weighted by Crippen LogP contribution is 2.16. The summed E-state index contributed by atoms with van der Waals surface area (Å²) >= 11 is 0. The van der Waals surface area contributed by atoms with Gasteiger partial charge in [-0.3, -0.25) is 4.79 Å². The third kappa shape index (κ3) is 2.76. The summed E-state index contributed by atoms with van der Waals surface area (Å²) in [6, 6.07) is 1.72. The van der Waals surface area contributed by atoms with E-state index in [1.807, 2.05) is 24.6 Å². The fraction of sp³-hybridized carbons (Fsp3) is 0.286. The Kier molecular flexibility index (Phi) is 3.39. The Labute approximate surface area is 121 Å². The van der Waals surface area contributed by atoms with E-state index in [1.165, 1.54) is 6.20 Å². The number of amides is 1. The van der Waals surface area contributed by atoms with Gasteiger partial charge in [-0.05, 0) is 19.9 Å². The van der Waals surface area contributed by atoms with Crippen molar-refractivity contribution in [1.29, 1.82) is 0 Å². The Morgan fingerprint density at radius 3 is 3.14 bits per heavy atom. The molecule has 0 aliphatic heterocycles. The molecule has 0 fully saturated rings. The first-order chi connectivity index (χ1) is 10.1. The van der Waals surface area contributed by atoms with Gasteiger partial charge in [0, 0.05) is 31.2 Å². The van der Waals surface area contributed by atoms with Crippen LogP contribution in [-0.2, 0) is 6.54 Å². The van der Waals surface area contributed by atoms with Gasteiger partial charge in [-0.15, -0.1) is 0 Å². The molecule has 0 saturated heterocycles. The van der Waals surface area contributed by atoms with Gasteiger partial charge >= 0.3 is 0 Å². The van der Waals surface area contributed by atoms with Crippen molar-refractivity contribution in [2.75, 3.05) is 0 Å². The van der Waals surface area contributed by atoms with E-state index in [4.69, 9.17) is 4.52 Å². The van der Waals surface area contributed by atoms with Crippen molar-refractivity contribution in [2.45, 2.75) is 26.4 Å². The quantitative estimate of drug-likeness (QED) is 0.786. The van der Waals surface area contributed by atoms with Crippen LogP contribution in [0.1, 0.15) is 23.0 Å². The molecule has 1 N–H and O–H groups in total. The van der Waals surface area contributed by atoms with E-state index in [0.29, 0.717) is 17.8 Å². The van der Waals surface area contributed by atoms with Crippen LogP contribution in [0.2, 0.25) is 0 Å². The van der Waals surface area contributed by atoms with Crippen molar-refractivity contribution in [3.63, 3.8) is 0 Å². The molecule has 21 heavy (non-hydrogen) atoms. The van der Waals surface area contributed by atoms with Crippen molar-refractivity contribution >= 4 is 17.0 Å². The van der Waals surface area contributed by atoms with E-state index in [0.717, 1.165) is 11.1 Å². The molecule has 3 aromatic rings. The third-order valence-corrected chi connectivity index (χ3v) is 3.19. The molecule has 0 unspecified atom stereocenters. The van der Waals surface area contributed by atoms with Crippen molar-refractivity contribution in [3.8, 4) is 0 Å². The third-order valence-electron chi connectivity index (χ3n) is 3.19. The smallest absolute Gasteiger partial charge is 0.257 e. The summed E-state index contributed by atoms with van der Waals surface area (Å²) in [5.74, 6) is -0.169. The molecule has 0 bridgehead atoms. The Morgan fingerprint density at radius 2 is 2.38 bits per heavy atom. The maximum atomic E-state index is 12.2. The molecule has 0 spiro atoms. The number of carbonyl (C=O) groups is 1. The van der Waals surface area contributed by atoms with Crippen LogP contribution in [-0.4, -0.2) is 31.6 Å². The number of imidazole rings is 1. The summed E-state index contributed by atoms with van der Waals surface area (Å²) in [5.41, 5.74) is 1.65. The summed E-state index contributed by atoms with van der Waals surface area (Å²) in [4.78, 5) is 20.3. The lowest BCUT2D eigenvalue weighted by Crippen LogP contribution is -2.35. The number of fused-ring (bicyclic) bond motifs is 1. The number of carbonyl (C=O) groups excluding carboxylic acids is 1. The topological polar surface area (TPSA) is 85.8 Å². The normalized spacial score (nSPS) is 12.5. The lowest BCUT2D eigenvalue weighted by Gasteiger charge is -2.14. The maximum Gasteiger partial charge on any atom is 0.257 e. The summed E-state index contributed by atoms with van der Waals surface area (Å²) in [6.45, 7) is 4.42. The zero-order chi connectivity index (χ0) is 14.8. The lowest BCUT2D eigenvalue weighted by atomic mass is 10.2. The Hall–Kier alpha value is -2.70. The van der Waals surface area contributed by atoms with Gasteiger partial charge in [-0.25, -0.2) is 9.97 Å². The second-order valence-corrected chi connectivity index (χ2v) is 4.98. The molecular weight excluding hydrogens is 270 g/mol. The Bertz CT molecular complexity index is 763. The standard InChI is InChI=1S/C14H15N5O2/c1-9(7-19-4-3-15-8-19)17-13(20)11-5-12-10(2)18-21-14(12)16-6-11/h3-6,8-9H,7H2,1-2H3,(H,17,20)/t9-/m1/s1. The van der Waals surface area contributed by atoms with Crippen LogP contribution in [0.25, 0.3) is 11.1 Å². The van der Waals surface area contributed by atoms with Gasteiger partial charge < -0.3 is 14.4 Å². The molecule has 7 nitrogen and oxygen atoms in total. The zero-order valence-electron chi connectivity index (χ0n) is 11.8. The van der Waals surface area contributed by atoms with Crippen LogP contribution < -0.4 is 5.32 Å². The largest absolute Gasteiger partial charge is 0.348 e. The summed E-state index contributed by atoms with van der Waals surface area (Å²) in [7, 11) is 0. The monoisotopic (exact) mass is 285 g/mol. The number of aromatic nitrogens is 4. The average molecular weight is 285 g/mol. The number of hydrogen-bond donors (Lipinski definition) is 1. The summed E-state index contributed by atoms with van der Waals surface area (Å²) in [6.07, 6.45) is 6.78. The van der Waals surface area contributed by atoms with Crippen molar-refractivity contribution in [2.24, 2.45) is 0 Å². The zero-order valence-corrected chi connectivity index (χ0v) is 11.8. The predicted molar refractivity (Wildman–Crippen MR) is 75.7 cm³/mol. The summed E-state index contributed by atoms with van der Waals surface area (Å²) in [5, 5.41) is 7.51. The minimum Gasteiger partial charge on any atom is -0.348 e. The first-order valence-electron chi connectivity index (χ1n) is 6.62. The molecule has 1 amide bonds. The van der Waals surface area contributed by atoms with Crippen LogP contribution in [0.3, 0.4) is 0 Å². The van der Waals surface area contributed by atoms with E-state index in [9.17, 15) is 4.79 Å². The number of aryl methyl sites for hydroxylation is 1. The fourth-order valence-corrected chi connectivity index (χ4v) is 2.13. The molecule has 7 heteroatoms. The second-order valence-electron chi connectivity index (χ2n) is 4.98. The predicted octanol–water partition coefficient (Wildman–Crippen LogP) is 1.55. The van der Waals surface area contributed by atoms with Crippen LogP contribution in [0, 0.1) is 6.92 Å². The number of pyridine rings is 1. The molecule has 3 aromatic heterocycles. The minimum absolute atomic E-state index is 0.0223. The minimum atomic E-state index is -0.169. The molecule has 1 atom stereocenters. The van der Waals surface area contributed by atoms with Crippen molar-refractivity contribution in [3.05, 3.63) is 42.2 Å². The van der Waals surface area contributed by atoms with Gasteiger partial charge in [0.25, 0.3) is 11.6 Å². The molecule has 3 heterocycles. The number of nitrogens with one attached hydrogen (secondary N) is 1. The lowest BCUT2D eigenvalue weighted by molar-refractivity contribution is 0.0936. The molecule has 108 valence electrons. The van der Waals surface area contributed by atoms with Crippen LogP contribution >= 0.6 is 0 Å². The number of nitrogens with zero attached hydrogens (tertiary/aromatic N) is 4. The van der Waals surface area contributed by atoms with Gasteiger partial charge in [0.15, 0.2) is 0 Å². The SMILES string of the molecule is Cc1noc2ncc(C(=O)N[C@H](C)Cn3ccnc3)cc12. The first kappa shape index (κ1) is 13.3. The number of rotatable bonds is 4. The highest BCUT2D eigenvalue weighted by molar-refractivity contribution is 5.97. The van der Waals surface area contributed by atoms with Crippen LogP contribution in [0.5, 0.6) is 0 Å². The van der Waals surface area contributed by atoms with Gasteiger partial charge in [-0.2, -0.15) is 0 Å². The van der Waals surface area contributed by atoms with E-state index in [1.54, 1.807) is 18.6 Å². The molecule has 0 aromatic carbocycles. The molecule has 0 aliphatic rings. The van der Waals surface area contributed by atoms with Gasteiger partial charge in [0.05, 0.1) is 23.0 Å². The highest BCUT2D eigenvalue weighted by atomic mass is 16.5. The van der Waals surface area contributed by atoms with E-state index in [-0.39, 0.29) is 11.9 Å². The average Bonchev–Trinajstić information content (AvgIpc) is 3.09. The van der Waals surface area contributed by atoms with Crippen molar-refractivity contribution < 1.29 is 9.32 Å². The van der Waals surface area contributed by atoms with E-state index < -0.39 is 0 Å². The fourth-order valence-electron chi connectivity index (χ4n) is 2.13. The highest BCUT2D eigenvalue weighted by Gasteiger charge is 2.13. The van der Waals surface area contributed by atoms with Gasteiger partial charge in [0.2, 0.25) is 0 Å². The van der Waals surface area contributed by atoms with Crippen LogP contribution in [0.4, 0.5) is 0 Å². The Balaban J connectivity index is 1.72. The van der Waals surface area contributed by atoms with E-state index >= 15 is 0 Å². The maximum absolute atomic E-state index is 12.2. The molecule has 0 saturated carbocycles. The van der Waals surface area contributed by atoms with Crippen molar-refractivity contribution in [1.82, 2.24) is 25.0 Å². The summed E-state index contributed by atoms with van der Waals surface area (Å²) < 4.78 is 6.94. The molecule has 0 aliphatic carbocycles. The van der Waals surface area contributed by atoms with Gasteiger partial charge in [0.1, 0.15) is 0 Å². The molecule has 0 radical (unpaired) electrons. The second kappa shape index (κ2) is 5.35. The first-order valence-corrected chi connectivity index (χ1v) is 6.62. The molecule has 3 rings (SSSR count). The van der Waals surface area contributed by atoms with E-state index in [2.05, 4.69) is 20.4 Å².